The number of aliphatic hydroxyl groups is 1. The van der Waals surface area contributed by atoms with Crippen molar-refractivity contribution in [1.29, 1.82) is 0 Å². The first-order valence-corrected chi connectivity index (χ1v) is 8.53. The van der Waals surface area contributed by atoms with Crippen LogP contribution in [0.1, 0.15) is 22.8 Å². The van der Waals surface area contributed by atoms with E-state index in [-0.39, 0.29) is 6.61 Å². The van der Waals surface area contributed by atoms with Crippen LogP contribution in [-0.2, 0) is 0 Å². The van der Waals surface area contributed by atoms with E-state index in [1.807, 2.05) is 50.4 Å². The van der Waals surface area contributed by atoms with Crippen LogP contribution in [0, 0.1) is 25.7 Å². The molecule has 0 amide bonds. The number of imidazole rings is 1. The molecule has 0 radical (unpaired) electrons. The highest BCUT2D eigenvalue weighted by atomic mass is 35.5. The van der Waals surface area contributed by atoms with Crippen LogP contribution in [0.3, 0.4) is 0 Å². The first-order valence-electron chi connectivity index (χ1n) is 8.15. The van der Waals surface area contributed by atoms with Crippen molar-refractivity contribution in [2.24, 2.45) is 0 Å². The molecule has 25 heavy (non-hydrogen) atoms. The highest BCUT2D eigenvalue weighted by Crippen LogP contribution is 2.20. The first kappa shape index (κ1) is 17.3. The fraction of sp³-hybridized carbons (Fsp3) is 0.250. The summed E-state index contributed by atoms with van der Waals surface area (Å²) in [6.45, 7) is 5.56. The van der Waals surface area contributed by atoms with Crippen molar-refractivity contribution < 1.29 is 5.11 Å². The number of aliphatic hydroxyl groups excluding tert-OH is 1. The van der Waals surface area contributed by atoms with Crippen LogP contribution in [0.25, 0.3) is 5.70 Å². The van der Waals surface area contributed by atoms with Gasteiger partial charge in [0.2, 0.25) is 0 Å². The molecule has 0 spiro atoms. The van der Waals surface area contributed by atoms with Gasteiger partial charge < -0.3 is 14.6 Å². The summed E-state index contributed by atoms with van der Waals surface area (Å²) in [5.74, 6) is 7.18. The number of benzene rings is 1. The van der Waals surface area contributed by atoms with Crippen molar-refractivity contribution in [2.45, 2.75) is 13.8 Å². The number of β-amino-alcohol motifs (C(OH)–C–C–N with tert-alkyl or cyclic N) is 1. The Bertz CT molecular complexity index is 899. The summed E-state index contributed by atoms with van der Waals surface area (Å²) in [6.07, 6.45) is 6.17. The largest absolute Gasteiger partial charge is 0.395 e. The van der Waals surface area contributed by atoms with Crippen LogP contribution in [-0.4, -0.2) is 39.3 Å². The summed E-state index contributed by atoms with van der Waals surface area (Å²) in [7, 11) is 0. The minimum absolute atomic E-state index is 0.153. The molecule has 1 aliphatic heterocycles. The Morgan fingerprint density at radius 1 is 1.28 bits per heavy atom. The van der Waals surface area contributed by atoms with Crippen molar-refractivity contribution in [3.63, 3.8) is 0 Å². The first-order chi connectivity index (χ1) is 12.1. The number of hydrogen-bond acceptors (Lipinski definition) is 3. The van der Waals surface area contributed by atoms with E-state index in [0.717, 1.165) is 35.0 Å². The molecule has 0 atom stereocenters. The quantitative estimate of drug-likeness (QED) is 0.861. The zero-order valence-corrected chi connectivity index (χ0v) is 15.1. The minimum atomic E-state index is 0.153. The van der Waals surface area contributed by atoms with E-state index in [9.17, 15) is 0 Å². The molecule has 0 bridgehead atoms. The lowest BCUT2D eigenvalue weighted by molar-refractivity contribution is 0.245. The van der Waals surface area contributed by atoms with Crippen LogP contribution >= 0.6 is 11.6 Å². The van der Waals surface area contributed by atoms with E-state index >= 15 is 0 Å². The summed E-state index contributed by atoms with van der Waals surface area (Å²) in [5.41, 5.74) is 3.73. The van der Waals surface area contributed by atoms with Gasteiger partial charge in [-0.1, -0.05) is 23.6 Å². The Morgan fingerprint density at radius 3 is 2.80 bits per heavy atom. The zero-order chi connectivity index (χ0) is 17.8. The van der Waals surface area contributed by atoms with Crippen LogP contribution in [0.5, 0.6) is 0 Å². The molecule has 3 rings (SSSR count). The topological polar surface area (TPSA) is 41.3 Å². The van der Waals surface area contributed by atoms with Crippen LogP contribution in [0.4, 0.5) is 0 Å². The Kier molecular flexibility index (Phi) is 5.28. The molecule has 128 valence electrons. The summed E-state index contributed by atoms with van der Waals surface area (Å²) >= 11 is 6.00. The predicted octanol–water partition coefficient (Wildman–Crippen LogP) is 3.22. The van der Waals surface area contributed by atoms with Gasteiger partial charge in [0.05, 0.1) is 12.3 Å². The normalized spacial score (nSPS) is 13.4. The van der Waals surface area contributed by atoms with E-state index < -0.39 is 0 Å². The molecule has 1 N–H and O–H groups in total. The van der Waals surface area contributed by atoms with Gasteiger partial charge in [0.15, 0.2) is 0 Å². The molecule has 0 saturated heterocycles. The Hall–Kier alpha value is -2.48. The van der Waals surface area contributed by atoms with E-state index in [4.69, 9.17) is 16.7 Å². The smallest absolute Gasteiger partial charge is 0.135 e. The molecule has 0 unspecified atom stereocenters. The molecule has 2 heterocycles. The van der Waals surface area contributed by atoms with Gasteiger partial charge in [-0.2, -0.15) is 0 Å². The average Bonchev–Trinajstić information content (AvgIpc) is 2.88. The SMILES string of the molecule is Cc1nc(C#Cc2cccc(Cl)c2)c(C)n1C1=CCN(CCO)C=C1. The third-order valence-electron chi connectivity index (χ3n) is 4.06. The van der Waals surface area contributed by atoms with Gasteiger partial charge in [0.25, 0.3) is 0 Å². The van der Waals surface area contributed by atoms with Crippen molar-refractivity contribution >= 4 is 17.3 Å². The number of allylic oxidation sites excluding steroid dienone is 2. The highest BCUT2D eigenvalue weighted by Gasteiger charge is 2.13. The lowest BCUT2D eigenvalue weighted by atomic mass is 10.2. The van der Waals surface area contributed by atoms with E-state index in [1.54, 1.807) is 0 Å². The average molecular weight is 354 g/mol. The van der Waals surface area contributed by atoms with Gasteiger partial charge in [0, 0.05) is 35.6 Å². The second-order valence-electron chi connectivity index (χ2n) is 5.85. The molecular formula is C20H20ClN3O. The third-order valence-corrected chi connectivity index (χ3v) is 4.30. The molecule has 5 heteroatoms. The van der Waals surface area contributed by atoms with Crippen molar-refractivity contribution in [3.8, 4) is 11.8 Å². The molecule has 0 aliphatic carbocycles. The van der Waals surface area contributed by atoms with Gasteiger partial charge in [0.1, 0.15) is 11.5 Å². The van der Waals surface area contributed by atoms with Gasteiger partial charge in [-0.05, 0) is 50.1 Å². The molecule has 0 fully saturated rings. The number of rotatable bonds is 3. The van der Waals surface area contributed by atoms with Crippen molar-refractivity contribution in [1.82, 2.24) is 14.5 Å². The monoisotopic (exact) mass is 353 g/mol. The van der Waals surface area contributed by atoms with Crippen LogP contribution < -0.4 is 0 Å². The fourth-order valence-electron chi connectivity index (χ4n) is 2.82. The highest BCUT2D eigenvalue weighted by molar-refractivity contribution is 6.30. The van der Waals surface area contributed by atoms with Gasteiger partial charge in [-0.25, -0.2) is 4.98 Å². The third kappa shape index (κ3) is 3.96. The predicted molar refractivity (Wildman–Crippen MR) is 101 cm³/mol. The second kappa shape index (κ2) is 7.60. The number of hydrogen-bond donors (Lipinski definition) is 1. The number of aromatic nitrogens is 2. The van der Waals surface area contributed by atoms with Gasteiger partial charge in [-0.3, -0.25) is 0 Å². The minimum Gasteiger partial charge on any atom is -0.395 e. The Balaban J connectivity index is 1.87. The molecule has 0 saturated carbocycles. The molecule has 1 aliphatic rings. The fourth-order valence-corrected chi connectivity index (χ4v) is 3.01. The van der Waals surface area contributed by atoms with E-state index in [1.165, 1.54) is 0 Å². The van der Waals surface area contributed by atoms with Crippen LogP contribution in [0.15, 0.2) is 42.6 Å². The van der Waals surface area contributed by atoms with Crippen molar-refractivity contribution in [3.05, 3.63) is 70.4 Å². The van der Waals surface area contributed by atoms with Gasteiger partial charge >= 0.3 is 0 Å². The lowest BCUT2D eigenvalue weighted by Crippen LogP contribution is -2.24. The summed E-state index contributed by atoms with van der Waals surface area (Å²) < 4.78 is 2.11. The molecule has 1 aromatic heterocycles. The number of halogens is 1. The molecule has 1 aromatic carbocycles. The summed E-state index contributed by atoms with van der Waals surface area (Å²) in [4.78, 5) is 6.67. The maximum atomic E-state index is 9.03. The number of nitrogens with zero attached hydrogens (tertiary/aromatic N) is 3. The molecular weight excluding hydrogens is 334 g/mol. The lowest BCUT2D eigenvalue weighted by Gasteiger charge is -2.22. The number of aryl methyl sites for hydroxylation is 1. The summed E-state index contributed by atoms with van der Waals surface area (Å²) in [5, 5.41) is 9.70. The maximum absolute atomic E-state index is 9.03. The maximum Gasteiger partial charge on any atom is 0.135 e. The Morgan fingerprint density at radius 2 is 2.12 bits per heavy atom. The molecule has 4 nitrogen and oxygen atoms in total. The van der Waals surface area contributed by atoms with E-state index in [0.29, 0.717) is 11.6 Å². The van der Waals surface area contributed by atoms with E-state index in [2.05, 4.69) is 32.4 Å². The van der Waals surface area contributed by atoms with Crippen molar-refractivity contribution in [2.75, 3.05) is 19.7 Å². The van der Waals surface area contributed by atoms with Gasteiger partial charge in [-0.15, -0.1) is 0 Å². The summed E-state index contributed by atoms with van der Waals surface area (Å²) in [6, 6.07) is 7.49. The zero-order valence-electron chi connectivity index (χ0n) is 14.3. The Labute approximate surface area is 153 Å². The standard InChI is InChI=1S/C20H20ClN3O/c1-15-20(7-6-17-4-3-5-18(21)14-17)22-16(2)24(15)19-8-10-23(11-9-19)12-13-25/h3-5,8-10,14,25H,11-13H2,1-2H3. The molecule has 2 aromatic rings. The second-order valence-corrected chi connectivity index (χ2v) is 6.29. The van der Waals surface area contributed by atoms with Crippen LogP contribution in [0.2, 0.25) is 5.02 Å².